The van der Waals surface area contributed by atoms with Gasteiger partial charge in [-0.2, -0.15) is 0 Å². The number of allylic oxidation sites excluding steroid dienone is 24. The van der Waals surface area contributed by atoms with Crippen LogP contribution in [0.1, 0.15) is 240 Å². The van der Waals surface area contributed by atoms with Crippen LogP contribution in [-0.2, 0) is 40.8 Å². The molecule has 8 atom stereocenters. The van der Waals surface area contributed by atoms with E-state index in [9.17, 15) is 0 Å². The molecule has 0 bridgehead atoms. The van der Waals surface area contributed by atoms with Crippen LogP contribution in [0.4, 0.5) is 11.4 Å². The lowest BCUT2D eigenvalue weighted by Crippen LogP contribution is -2.53. The SMILES string of the molecule is CC(C)c1cccc(C(C)C)c1N1C(=O)C2=CC(Oc3ccc(C(C)(C)C)cc3)=C3C4=CC=CC5C(c6cc7cc8c(cc7cc6Cl)/C=C\c6cc7c(Cl)c(C9=CC=C%10C%11=C(Oc%12ccc(C(C)(C)C)cc%12)C=C%12C(=O)N(c%13c(C(C)C)cccc%13C(C)C)C(=O)C%13=CC(Oc%14ccc(C(C)(C)C)cc%14)=C(C%14=CC=CC9C%14%10)C%11C%13%12)ccc7cc6/C=C\8)=CC=C(C6=C(Oc7ccc(C(C)(C)C)cc7)C=C(C1=O)C2C36)C45. The third-order valence-corrected chi connectivity index (χ3v) is 32.8. The minimum atomic E-state index is -0.670. The molecule has 23 rings (SSSR count). The molecule has 8 unspecified atom stereocenters. The minimum absolute atomic E-state index is 0.00382. The summed E-state index contributed by atoms with van der Waals surface area (Å²) in [5.41, 5.74) is 27.0. The summed E-state index contributed by atoms with van der Waals surface area (Å²) in [5.74, 6) is -0.198. The van der Waals surface area contributed by atoms with Crippen molar-refractivity contribution in [2.45, 2.75) is 184 Å². The first kappa shape index (κ1) is 93.7. The zero-order valence-corrected chi connectivity index (χ0v) is 87.1. The van der Waals surface area contributed by atoms with Crippen LogP contribution in [-0.4, -0.2) is 23.6 Å². The summed E-state index contributed by atoms with van der Waals surface area (Å²) in [5, 5.41) is 5.20. The first-order valence-electron chi connectivity index (χ1n) is 51.2. The second-order valence-electron chi connectivity index (χ2n) is 46.5. The summed E-state index contributed by atoms with van der Waals surface area (Å²) in [4.78, 5) is 68.0. The van der Waals surface area contributed by atoms with E-state index in [1.54, 1.807) is 0 Å². The summed E-state index contributed by atoms with van der Waals surface area (Å²) in [6.07, 6.45) is 39.1. The Hall–Kier alpha value is -13.9. The molecule has 0 spiro atoms. The first-order chi connectivity index (χ1) is 68.7. The van der Waals surface area contributed by atoms with Gasteiger partial charge < -0.3 is 18.9 Å². The van der Waals surface area contributed by atoms with Crippen LogP contribution >= 0.6 is 23.2 Å². The van der Waals surface area contributed by atoms with Crippen molar-refractivity contribution in [3.05, 3.63) is 445 Å². The average molecular weight is 1930 g/mol. The highest BCUT2D eigenvalue weighted by Gasteiger charge is 2.61. The van der Waals surface area contributed by atoms with Crippen LogP contribution < -0.4 is 28.7 Å². The third kappa shape index (κ3) is 15.4. The molecule has 0 aromatic heterocycles. The fraction of sp³-hybridized carbons (Fsp3) is 0.273. The van der Waals surface area contributed by atoms with E-state index in [0.717, 1.165) is 155 Å². The Morgan fingerprint density at radius 1 is 0.292 bits per heavy atom. The van der Waals surface area contributed by atoms with E-state index in [2.05, 4.69) is 345 Å². The Morgan fingerprint density at radius 2 is 0.583 bits per heavy atom. The summed E-state index contributed by atoms with van der Waals surface area (Å²) >= 11 is 15.9. The maximum atomic E-state index is 16.3. The molecule has 11 aliphatic carbocycles. The number of benzene rings is 10. The lowest BCUT2D eigenvalue weighted by Gasteiger charge is -2.52. The van der Waals surface area contributed by atoms with E-state index in [4.69, 9.17) is 42.1 Å². The van der Waals surface area contributed by atoms with Crippen molar-refractivity contribution < 1.29 is 38.1 Å². The molecule has 144 heavy (non-hydrogen) atoms. The largest absolute Gasteiger partial charge is 0.457 e. The van der Waals surface area contributed by atoms with Crippen molar-refractivity contribution in [1.82, 2.24) is 0 Å². The number of anilines is 2. The number of imide groups is 2. The molecule has 10 aromatic carbocycles. The molecule has 0 radical (unpaired) electrons. The average Bonchev–Trinajstić information content (AvgIpc) is 0.683. The molecular formula is C132H120Cl2N2O8. The zero-order valence-electron chi connectivity index (χ0n) is 85.6. The molecule has 720 valence electrons. The van der Waals surface area contributed by atoms with Gasteiger partial charge in [0.25, 0.3) is 23.6 Å². The highest BCUT2D eigenvalue weighted by Crippen LogP contribution is 2.67. The van der Waals surface area contributed by atoms with Gasteiger partial charge in [0, 0.05) is 102 Å². The number of nitrogens with zero attached hydrogens (tertiary/aromatic N) is 2. The van der Waals surface area contributed by atoms with E-state index in [-0.39, 0.29) is 92.6 Å². The maximum Gasteiger partial charge on any atom is 0.262 e. The Kier molecular flexibility index (Phi) is 22.4. The number of carbonyl (C=O) groups excluding carboxylic acids is 4. The van der Waals surface area contributed by atoms with Gasteiger partial charge in [-0.05, 0) is 282 Å². The molecule has 0 N–H and O–H groups in total. The highest BCUT2D eigenvalue weighted by molar-refractivity contribution is 6.38. The highest BCUT2D eigenvalue weighted by atomic mass is 35.5. The van der Waals surface area contributed by atoms with Crippen LogP contribution in [0.5, 0.6) is 23.0 Å². The molecule has 10 aromatic rings. The van der Waals surface area contributed by atoms with Crippen molar-refractivity contribution in [1.29, 1.82) is 0 Å². The van der Waals surface area contributed by atoms with Crippen molar-refractivity contribution in [3.63, 3.8) is 0 Å². The zero-order chi connectivity index (χ0) is 101. The van der Waals surface area contributed by atoms with Gasteiger partial charge in [-0.25, -0.2) is 9.80 Å². The molecule has 2 heterocycles. The number of amides is 4. The summed E-state index contributed by atoms with van der Waals surface area (Å²) < 4.78 is 29.5. The normalized spacial score (nSPS) is 22.2. The molecule has 4 amide bonds. The Labute approximate surface area is 856 Å². The molecule has 2 saturated heterocycles. The van der Waals surface area contributed by atoms with Gasteiger partial charge in [0.05, 0.1) is 16.4 Å². The lowest BCUT2D eigenvalue weighted by atomic mass is 9.53. The second-order valence-corrected chi connectivity index (χ2v) is 47.3. The van der Waals surface area contributed by atoms with Gasteiger partial charge >= 0.3 is 0 Å². The Morgan fingerprint density at radius 3 is 0.903 bits per heavy atom. The predicted molar refractivity (Wildman–Crippen MR) is 588 cm³/mol. The fourth-order valence-corrected chi connectivity index (χ4v) is 25.3. The monoisotopic (exact) mass is 1930 g/mol. The quantitative estimate of drug-likeness (QED) is 0.0880. The number of ether oxygens (including phenoxy) is 4. The van der Waals surface area contributed by atoms with Crippen molar-refractivity contribution in [2.24, 2.45) is 47.3 Å². The molecule has 4 fully saturated rings. The number of hydrogen-bond donors (Lipinski definition) is 0. The van der Waals surface area contributed by atoms with E-state index >= 15 is 19.2 Å². The number of fused-ring (bicyclic) bond motifs is 8. The Bertz CT molecular complexity index is 7580. The van der Waals surface area contributed by atoms with Crippen LogP contribution in [0.3, 0.4) is 0 Å². The maximum absolute atomic E-state index is 16.3. The van der Waals surface area contributed by atoms with E-state index in [1.165, 1.54) is 9.80 Å². The van der Waals surface area contributed by atoms with Gasteiger partial charge in [-0.15, -0.1) is 0 Å². The van der Waals surface area contributed by atoms with Crippen molar-refractivity contribution in [2.75, 3.05) is 9.80 Å². The smallest absolute Gasteiger partial charge is 0.262 e. The lowest BCUT2D eigenvalue weighted by molar-refractivity contribution is -0.126. The van der Waals surface area contributed by atoms with Crippen LogP contribution in [0.2, 0.25) is 10.0 Å². The first-order valence-corrected chi connectivity index (χ1v) is 52.0. The number of para-hydroxylation sites is 2. The van der Waals surface area contributed by atoms with E-state index < -0.39 is 23.7 Å². The molecule has 10 nitrogen and oxygen atoms in total. The van der Waals surface area contributed by atoms with Crippen LogP contribution in [0.25, 0.3) is 57.0 Å². The topological polar surface area (TPSA) is 112 Å². The fourth-order valence-electron chi connectivity index (χ4n) is 24.6. The van der Waals surface area contributed by atoms with Gasteiger partial charge in [0.1, 0.15) is 46.0 Å². The van der Waals surface area contributed by atoms with Gasteiger partial charge in [-0.1, -0.05) is 344 Å². The van der Waals surface area contributed by atoms with Crippen LogP contribution in [0, 0.1) is 47.3 Å². The molecule has 13 aliphatic rings. The number of rotatable bonds is 16. The van der Waals surface area contributed by atoms with Gasteiger partial charge in [0.2, 0.25) is 0 Å². The number of piperidine rings is 2. The van der Waals surface area contributed by atoms with Crippen molar-refractivity contribution in [3.8, 4) is 23.0 Å². The van der Waals surface area contributed by atoms with Crippen LogP contribution in [0.15, 0.2) is 357 Å². The number of hydrogen-bond acceptors (Lipinski definition) is 8. The molecule has 2 saturated carbocycles. The molecular weight excluding hydrogens is 1810 g/mol. The number of carbonyl (C=O) groups is 4. The summed E-state index contributed by atoms with van der Waals surface area (Å²) in [7, 11) is 0. The standard InChI is InChI=1S/C132H120Cl2N2O8/c1-69(2)88-25-21-26-89(70(3)4)123(88)135-125(137)103-65-108(141-84-46-38-80(39-47-84)129(9,10)11)116-97-31-23-29-94-92(55-57-99(112(94)97)118-110(67-105(127(135)139)114(103)120(116)118)143-86-50-42-82(43-51-86)131(15,16)17)96-54-37-77-59-73-33-34-74-60-78-63-102(107(133)64-79(78)61-75(74)35-36-76(73)62-101(77)122(96)134)93-56-58-100-113-95(93)30-24-32-98(113)117-109(142-85-48-40-81(41-49-85)130(12,13)14)66-104-115-106(68-111(119(100)121(115)117)144-87-52-44-83(45-53-87)132(18,19)20)128(140)136(126(104)138)124-90(71(5)6)27-22-28-91(124)72(7)8/h21-72,94-95,112-115,120-121H,1-20H3/b34-33-,36-35-,73-33?,74-34?,75-35?,76-36?. The van der Waals surface area contributed by atoms with E-state index in [0.29, 0.717) is 89.7 Å². The second kappa shape index (κ2) is 34.4. The Balaban J connectivity index is 0.617. The summed E-state index contributed by atoms with van der Waals surface area (Å²) in [6.45, 7) is 43.4. The van der Waals surface area contributed by atoms with Crippen molar-refractivity contribution >= 4 is 115 Å². The minimum Gasteiger partial charge on any atom is -0.457 e. The predicted octanol–water partition coefficient (Wildman–Crippen LogP) is 32.5. The van der Waals surface area contributed by atoms with E-state index in [1.807, 2.05) is 85.0 Å². The third-order valence-electron chi connectivity index (χ3n) is 32.1. The van der Waals surface area contributed by atoms with Gasteiger partial charge in [0.15, 0.2) is 0 Å². The summed E-state index contributed by atoms with van der Waals surface area (Å²) in [6, 6.07) is 63.3. The number of halogens is 2. The van der Waals surface area contributed by atoms with Gasteiger partial charge in [-0.3, -0.25) is 19.2 Å². The molecule has 12 heteroatoms. The molecule has 2 aliphatic heterocycles.